The van der Waals surface area contributed by atoms with Gasteiger partial charge in [0.25, 0.3) is 0 Å². The SMILES string of the molecule is CC(C)(C)[Si](C)(C)OCCC12CCC(O1)[C@@H]1C(=O)N(c3ccc(C#N)c(C(F)(F)F)c3)C(=O)[C@@H]12. The predicted molar refractivity (Wildman–Crippen MR) is 120 cm³/mol. The number of fused-ring (bicyclic) bond motifs is 5. The van der Waals surface area contributed by atoms with Crippen molar-refractivity contribution in [1.82, 2.24) is 0 Å². The van der Waals surface area contributed by atoms with Crippen molar-refractivity contribution in [3.63, 3.8) is 0 Å². The molecule has 0 aromatic heterocycles. The molecule has 4 rings (SSSR count). The van der Waals surface area contributed by atoms with Crippen LogP contribution in [0, 0.1) is 23.2 Å². The Morgan fingerprint density at radius 1 is 1.24 bits per heavy atom. The Bertz CT molecular complexity index is 1080. The van der Waals surface area contributed by atoms with Crippen LogP contribution in [0.4, 0.5) is 18.9 Å². The lowest BCUT2D eigenvalue weighted by atomic mass is 9.71. The van der Waals surface area contributed by atoms with Gasteiger partial charge >= 0.3 is 6.18 Å². The van der Waals surface area contributed by atoms with E-state index in [1.54, 1.807) is 0 Å². The molecule has 3 aliphatic heterocycles. The van der Waals surface area contributed by atoms with E-state index in [0.29, 0.717) is 31.9 Å². The van der Waals surface area contributed by atoms with Crippen LogP contribution < -0.4 is 4.90 Å². The second-order valence-corrected chi connectivity index (χ2v) is 15.8. The number of benzene rings is 1. The zero-order chi connectivity index (χ0) is 25.3. The Balaban J connectivity index is 1.61. The summed E-state index contributed by atoms with van der Waals surface area (Å²) >= 11 is 0. The lowest BCUT2D eigenvalue weighted by molar-refractivity contribution is -0.138. The Kier molecular flexibility index (Phi) is 5.78. The molecule has 0 aliphatic carbocycles. The van der Waals surface area contributed by atoms with Crippen LogP contribution in [0.15, 0.2) is 18.2 Å². The van der Waals surface area contributed by atoms with Crippen LogP contribution in [0.2, 0.25) is 18.1 Å². The van der Waals surface area contributed by atoms with Crippen LogP contribution in [0.5, 0.6) is 0 Å². The quantitative estimate of drug-likeness (QED) is 0.424. The topological polar surface area (TPSA) is 79.6 Å². The summed E-state index contributed by atoms with van der Waals surface area (Å²) in [4.78, 5) is 27.6. The van der Waals surface area contributed by atoms with Gasteiger partial charge in [-0.1, -0.05) is 20.8 Å². The molecule has 3 saturated heterocycles. The fraction of sp³-hybridized carbons (Fsp3) is 0.625. The van der Waals surface area contributed by atoms with Gasteiger partial charge in [-0.25, -0.2) is 4.90 Å². The molecule has 1 aromatic carbocycles. The zero-order valence-electron chi connectivity index (χ0n) is 20.0. The molecule has 0 N–H and O–H groups in total. The van der Waals surface area contributed by atoms with Crippen molar-refractivity contribution in [2.45, 2.75) is 76.0 Å². The minimum absolute atomic E-state index is 0.0175. The third-order valence-corrected chi connectivity index (χ3v) is 12.6. The standard InChI is InChI=1S/C24H29F3N2O4Si/c1-22(2,3)34(4,5)32-11-10-23-9-8-17(33-23)18-19(23)21(31)29(20(18)30)15-7-6-14(13-28)16(12-15)24(25,26)27/h6-7,12,17-19H,8-11H2,1-5H3/t17?,18-,19+,23?/m0/s1. The molecule has 2 amide bonds. The number of rotatable bonds is 5. The number of halogens is 3. The van der Waals surface area contributed by atoms with E-state index in [-0.39, 0.29) is 10.7 Å². The van der Waals surface area contributed by atoms with Crippen molar-refractivity contribution in [2.75, 3.05) is 11.5 Å². The highest BCUT2D eigenvalue weighted by atomic mass is 28.4. The second kappa shape index (κ2) is 7.90. The molecule has 34 heavy (non-hydrogen) atoms. The molecular weight excluding hydrogens is 465 g/mol. The number of hydrogen-bond donors (Lipinski definition) is 0. The molecule has 1 aromatic rings. The summed E-state index contributed by atoms with van der Waals surface area (Å²) < 4.78 is 52.9. The maximum atomic E-state index is 13.5. The van der Waals surface area contributed by atoms with Gasteiger partial charge in [-0.2, -0.15) is 18.4 Å². The van der Waals surface area contributed by atoms with E-state index in [9.17, 15) is 22.8 Å². The van der Waals surface area contributed by atoms with Gasteiger partial charge in [-0.05, 0) is 55.6 Å². The molecule has 4 atom stereocenters. The number of nitrogens with zero attached hydrogens (tertiary/aromatic N) is 2. The fourth-order valence-electron chi connectivity index (χ4n) is 5.20. The van der Waals surface area contributed by atoms with E-state index in [4.69, 9.17) is 14.4 Å². The van der Waals surface area contributed by atoms with E-state index < -0.39 is 61.0 Å². The van der Waals surface area contributed by atoms with Gasteiger partial charge in [0.15, 0.2) is 8.32 Å². The van der Waals surface area contributed by atoms with E-state index in [0.717, 1.165) is 11.0 Å². The normalized spacial score (nSPS) is 29.0. The first-order chi connectivity index (χ1) is 15.6. The third kappa shape index (κ3) is 3.78. The molecule has 0 spiro atoms. The number of anilines is 1. The largest absolute Gasteiger partial charge is 0.417 e. The van der Waals surface area contributed by atoms with Crippen molar-refractivity contribution < 1.29 is 31.9 Å². The van der Waals surface area contributed by atoms with E-state index in [1.807, 2.05) is 0 Å². The van der Waals surface area contributed by atoms with Gasteiger partial charge in [0.1, 0.15) is 0 Å². The monoisotopic (exact) mass is 494 g/mol. The molecule has 6 nitrogen and oxygen atoms in total. The van der Waals surface area contributed by atoms with Gasteiger partial charge in [-0.15, -0.1) is 0 Å². The molecule has 3 fully saturated rings. The van der Waals surface area contributed by atoms with Crippen molar-refractivity contribution in [3.8, 4) is 6.07 Å². The molecule has 2 bridgehead atoms. The lowest BCUT2D eigenvalue weighted by Gasteiger charge is -2.38. The Labute approximate surface area is 198 Å². The van der Waals surface area contributed by atoms with E-state index in [2.05, 4.69) is 33.9 Å². The smallest absolute Gasteiger partial charge is 0.417 e. The van der Waals surface area contributed by atoms with E-state index in [1.165, 1.54) is 12.1 Å². The number of ether oxygens (including phenoxy) is 1. The van der Waals surface area contributed by atoms with Crippen LogP contribution in [0.25, 0.3) is 0 Å². The molecule has 0 saturated carbocycles. The number of imide groups is 1. The minimum Gasteiger partial charge on any atom is -0.417 e. The Morgan fingerprint density at radius 2 is 1.91 bits per heavy atom. The highest BCUT2D eigenvalue weighted by Crippen LogP contribution is 2.57. The van der Waals surface area contributed by atoms with Gasteiger partial charge < -0.3 is 9.16 Å². The van der Waals surface area contributed by atoms with Gasteiger partial charge in [0.05, 0.1) is 46.4 Å². The maximum Gasteiger partial charge on any atom is 0.417 e. The van der Waals surface area contributed by atoms with Crippen LogP contribution in [0.1, 0.15) is 51.2 Å². The van der Waals surface area contributed by atoms with Crippen LogP contribution in [0.3, 0.4) is 0 Å². The fourth-order valence-corrected chi connectivity index (χ4v) is 6.24. The summed E-state index contributed by atoms with van der Waals surface area (Å²) in [5.74, 6) is -2.53. The van der Waals surface area contributed by atoms with Crippen molar-refractivity contribution >= 4 is 25.8 Å². The summed E-state index contributed by atoms with van der Waals surface area (Å²) in [5, 5.41) is 9.07. The predicted octanol–water partition coefficient (Wildman–Crippen LogP) is 5.03. The molecule has 3 heterocycles. The Morgan fingerprint density at radius 3 is 2.50 bits per heavy atom. The molecule has 184 valence electrons. The summed E-state index contributed by atoms with van der Waals surface area (Å²) in [6.45, 7) is 11.1. The lowest BCUT2D eigenvalue weighted by Crippen LogP contribution is -2.45. The highest BCUT2D eigenvalue weighted by molar-refractivity contribution is 6.74. The number of nitriles is 1. The molecule has 2 unspecified atom stereocenters. The van der Waals surface area contributed by atoms with Crippen molar-refractivity contribution in [3.05, 3.63) is 29.3 Å². The average Bonchev–Trinajstić information content (AvgIpc) is 3.36. The van der Waals surface area contributed by atoms with Gasteiger partial charge in [0, 0.05) is 6.61 Å². The van der Waals surface area contributed by atoms with E-state index >= 15 is 0 Å². The number of carbonyl (C=O) groups is 2. The third-order valence-electron chi connectivity index (χ3n) is 8.04. The summed E-state index contributed by atoms with van der Waals surface area (Å²) in [7, 11) is -2.02. The van der Waals surface area contributed by atoms with Crippen molar-refractivity contribution in [2.24, 2.45) is 11.8 Å². The molecule has 10 heteroatoms. The first-order valence-electron chi connectivity index (χ1n) is 11.4. The van der Waals surface area contributed by atoms with Crippen LogP contribution in [-0.4, -0.2) is 38.4 Å². The molecular formula is C24H29F3N2O4Si. The average molecular weight is 495 g/mol. The summed E-state index contributed by atoms with van der Waals surface area (Å²) in [5.41, 5.74) is -2.73. The van der Waals surface area contributed by atoms with Crippen LogP contribution in [-0.2, 0) is 24.9 Å². The first-order valence-corrected chi connectivity index (χ1v) is 14.3. The number of amides is 2. The summed E-state index contributed by atoms with van der Waals surface area (Å²) in [6, 6.07) is 4.46. The second-order valence-electron chi connectivity index (χ2n) is 11.0. The molecule has 0 radical (unpaired) electrons. The number of alkyl halides is 3. The number of hydrogen-bond acceptors (Lipinski definition) is 5. The minimum atomic E-state index is -4.78. The van der Waals surface area contributed by atoms with Gasteiger partial charge in [0.2, 0.25) is 11.8 Å². The summed E-state index contributed by atoms with van der Waals surface area (Å²) in [6.07, 6.45) is -3.54. The van der Waals surface area contributed by atoms with Crippen LogP contribution >= 0.6 is 0 Å². The number of carbonyl (C=O) groups excluding carboxylic acids is 2. The molecule has 3 aliphatic rings. The zero-order valence-corrected chi connectivity index (χ0v) is 21.0. The Hall–Kier alpha value is -2.22. The highest BCUT2D eigenvalue weighted by Gasteiger charge is 2.69. The van der Waals surface area contributed by atoms with Gasteiger partial charge in [-0.3, -0.25) is 9.59 Å². The maximum absolute atomic E-state index is 13.5. The first kappa shape index (κ1) is 24.9. The van der Waals surface area contributed by atoms with Crippen molar-refractivity contribution in [1.29, 1.82) is 5.26 Å².